The van der Waals surface area contributed by atoms with E-state index < -0.39 is 0 Å². The average molecular weight is 530 g/mol. The minimum atomic E-state index is 0.531. The molecule has 5 rings (SSSR count). The molecule has 0 fully saturated rings. The Balaban J connectivity index is 1.49. The number of fused-ring (bicyclic) bond motifs is 5. The first-order chi connectivity index (χ1) is 13.9. The van der Waals surface area contributed by atoms with E-state index >= 15 is 0 Å². The number of hydrogen-bond donors (Lipinski definition) is 0. The molecule has 0 nitrogen and oxygen atoms in total. The van der Waals surface area contributed by atoms with Gasteiger partial charge in [-0.3, -0.25) is 0 Å². The summed E-state index contributed by atoms with van der Waals surface area (Å²) in [5.74, 6) is 2.30. The van der Waals surface area contributed by atoms with Gasteiger partial charge in [0.1, 0.15) is 0 Å². The molecule has 0 N–H and O–H groups in total. The predicted molar refractivity (Wildman–Crippen MR) is 129 cm³/mol. The number of thioether (sulfide) groups is 2. The van der Waals surface area contributed by atoms with Crippen molar-refractivity contribution in [3.8, 4) is 0 Å². The molecule has 0 saturated heterocycles. The third kappa shape index (κ3) is 4.05. The van der Waals surface area contributed by atoms with Crippen LogP contribution >= 0.6 is 23.5 Å². The second kappa shape index (κ2) is 8.88. The molecule has 0 amide bonds. The van der Waals surface area contributed by atoms with Gasteiger partial charge in [-0.1, -0.05) is 0 Å². The van der Waals surface area contributed by atoms with E-state index in [0.29, 0.717) is 29.9 Å². The summed E-state index contributed by atoms with van der Waals surface area (Å²) in [7, 11) is 0. The number of hydrogen-bond acceptors (Lipinski definition) is 2. The summed E-state index contributed by atoms with van der Waals surface area (Å²) >= 11 is 5.17. The van der Waals surface area contributed by atoms with Gasteiger partial charge < -0.3 is 0 Å². The summed E-state index contributed by atoms with van der Waals surface area (Å²) in [6.45, 7) is 0. The molecule has 0 aliphatic carbocycles. The first kappa shape index (κ1) is 19.1. The van der Waals surface area contributed by atoms with Crippen LogP contribution in [0.2, 0.25) is 9.63 Å². The Kier molecular flexibility index (Phi) is 6.06. The molecule has 3 aliphatic heterocycles. The van der Waals surface area contributed by atoms with E-state index in [4.69, 9.17) is 0 Å². The van der Waals surface area contributed by atoms with Crippen molar-refractivity contribution in [2.75, 3.05) is 11.5 Å². The first-order valence-corrected chi connectivity index (χ1v) is 15.1. The molecular weight excluding hydrogens is 510 g/mol. The van der Waals surface area contributed by atoms with Gasteiger partial charge in [0.25, 0.3) is 0 Å². The Morgan fingerprint density at radius 3 is 1.46 bits per heavy atom. The second-order valence-electron chi connectivity index (χ2n) is 6.70. The Labute approximate surface area is 188 Å². The Hall–Kier alpha value is -0.861. The molecule has 0 saturated carbocycles. The van der Waals surface area contributed by atoms with Gasteiger partial charge in [0.2, 0.25) is 0 Å². The van der Waals surface area contributed by atoms with Crippen LogP contribution in [0.1, 0.15) is 11.1 Å². The van der Waals surface area contributed by atoms with Crippen LogP contribution in [0, 0.1) is 0 Å². The molecule has 4 heteroatoms. The quantitative estimate of drug-likeness (QED) is 0.417. The van der Waals surface area contributed by atoms with E-state index in [2.05, 4.69) is 108 Å². The third-order valence-corrected chi connectivity index (χ3v) is 14.4. The van der Waals surface area contributed by atoms with Crippen molar-refractivity contribution in [1.82, 2.24) is 0 Å². The Morgan fingerprint density at radius 2 is 1.04 bits per heavy atom. The molecule has 140 valence electrons. The maximum absolute atomic E-state index is 2.51. The van der Waals surface area contributed by atoms with Crippen molar-refractivity contribution in [3.63, 3.8) is 0 Å². The first-order valence-electron chi connectivity index (χ1n) is 9.43. The summed E-state index contributed by atoms with van der Waals surface area (Å²) in [6.07, 6.45) is 9.89. The topological polar surface area (TPSA) is 0 Å². The zero-order valence-electron chi connectivity index (χ0n) is 15.3. The molecule has 2 aromatic carbocycles. The van der Waals surface area contributed by atoms with Gasteiger partial charge in [-0.05, 0) is 0 Å². The number of allylic oxidation sites excluding steroid dienone is 6. The zero-order valence-corrected chi connectivity index (χ0v) is 20.3. The molecule has 0 radical (unpaired) electrons. The molecule has 4 bridgehead atoms. The summed E-state index contributed by atoms with van der Waals surface area (Å²) in [5, 5.41) is 0. The average Bonchev–Trinajstić information content (AvgIpc) is 3.41. The van der Waals surface area contributed by atoms with Crippen molar-refractivity contribution in [2.24, 2.45) is 0 Å². The van der Waals surface area contributed by atoms with Gasteiger partial charge in [0.05, 0.1) is 0 Å². The van der Waals surface area contributed by atoms with Crippen molar-refractivity contribution in [3.05, 3.63) is 105 Å². The van der Waals surface area contributed by atoms with Crippen LogP contribution in [0.3, 0.4) is 0 Å². The van der Waals surface area contributed by atoms with E-state index in [-0.39, 0.29) is 0 Å². The SMILES string of the molecule is C1=C[C@H]2[Se]C1=C(c1ccccc1)SCCS/C(c1ccccc1)=C1/C=C[C@H]2[Se]1. The molecule has 0 aromatic heterocycles. The fourth-order valence-electron chi connectivity index (χ4n) is 3.49. The fraction of sp³-hybridized carbons (Fsp3) is 0.167. The predicted octanol–water partition coefficient (Wildman–Crippen LogP) is 6.33. The van der Waals surface area contributed by atoms with Gasteiger partial charge in [0, 0.05) is 0 Å². The van der Waals surface area contributed by atoms with Crippen LogP contribution in [0.4, 0.5) is 0 Å². The Morgan fingerprint density at radius 1 is 0.607 bits per heavy atom. The molecule has 0 unspecified atom stereocenters. The van der Waals surface area contributed by atoms with E-state index in [0.717, 1.165) is 21.1 Å². The summed E-state index contributed by atoms with van der Waals surface area (Å²) < 4.78 is 3.20. The number of rotatable bonds is 2. The maximum atomic E-state index is 2.51. The van der Waals surface area contributed by atoms with Gasteiger partial charge in [0.15, 0.2) is 0 Å². The molecule has 0 spiro atoms. The molecule has 3 aliphatic rings. The fourth-order valence-corrected chi connectivity index (χ4v) is 12.5. The summed E-state index contributed by atoms with van der Waals surface area (Å²) in [5.41, 5.74) is 2.78. The van der Waals surface area contributed by atoms with Crippen LogP contribution in [0.5, 0.6) is 0 Å². The van der Waals surface area contributed by atoms with Gasteiger partial charge >= 0.3 is 189 Å². The standard InChI is InChI=1S/C24H20S2Se2/c1-3-7-17(8-4-1)23-21-13-11-19(27-21)20-12-14-22(28-20)24(26-16-15-25-23)18-9-5-2-6-10-18/h1-14,19-20H,15-16H2/b23-21-,24-22?/t19-,20-/m1/s1. The summed E-state index contributed by atoms with van der Waals surface area (Å²) in [4.78, 5) is 4.47. The monoisotopic (exact) mass is 532 g/mol. The molecular formula is C24H20S2Se2. The van der Waals surface area contributed by atoms with Crippen LogP contribution in [0.25, 0.3) is 9.81 Å². The number of benzene rings is 2. The normalized spacial score (nSPS) is 27.0. The van der Waals surface area contributed by atoms with Crippen molar-refractivity contribution in [2.45, 2.75) is 9.63 Å². The van der Waals surface area contributed by atoms with Crippen molar-refractivity contribution in [1.29, 1.82) is 0 Å². The molecule has 3 heterocycles. The van der Waals surface area contributed by atoms with Crippen LogP contribution in [-0.4, -0.2) is 41.4 Å². The minimum absolute atomic E-state index is 0.531. The molecule has 28 heavy (non-hydrogen) atoms. The van der Waals surface area contributed by atoms with Gasteiger partial charge in [-0.15, -0.1) is 0 Å². The van der Waals surface area contributed by atoms with Crippen LogP contribution in [-0.2, 0) is 0 Å². The van der Waals surface area contributed by atoms with E-state index in [1.54, 1.807) is 8.94 Å². The summed E-state index contributed by atoms with van der Waals surface area (Å²) in [6, 6.07) is 22.0. The van der Waals surface area contributed by atoms with E-state index in [9.17, 15) is 0 Å². The van der Waals surface area contributed by atoms with Crippen molar-refractivity contribution >= 4 is 63.2 Å². The third-order valence-electron chi connectivity index (χ3n) is 4.82. The van der Waals surface area contributed by atoms with E-state index in [1.165, 1.54) is 20.9 Å². The van der Waals surface area contributed by atoms with Crippen LogP contribution in [0.15, 0.2) is 93.9 Å². The second-order valence-corrected chi connectivity index (χ2v) is 14.0. The van der Waals surface area contributed by atoms with Crippen molar-refractivity contribution < 1.29 is 0 Å². The molecule has 2 aromatic rings. The van der Waals surface area contributed by atoms with Gasteiger partial charge in [-0.2, -0.15) is 0 Å². The Bertz CT molecular complexity index is 893. The van der Waals surface area contributed by atoms with E-state index in [1.807, 2.05) is 0 Å². The van der Waals surface area contributed by atoms with Crippen LogP contribution < -0.4 is 0 Å². The molecule has 2 atom stereocenters. The van der Waals surface area contributed by atoms with Gasteiger partial charge in [-0.25, -0.2) is 0 Å². The zero-order chi connectivity index (χ0) is 18.8.